The van der Waals surface area contributed by atoms with Gasteiger partial charge in [-0.15, -0.1) is 0 Å². The topological polar surface area (TPSA) is 87.7 Å². The maximum Gasteiger partial charge on any atom is 0.333 e. The Labute approximate surface area is 195 Å². The summed E-state index contributed by atoms with van der Waals surface area (Å²) in [7, 11) is 0. The van der Waals surface area contributed by atoms with E-state index in [1.54, 1.807) is 42.5 Å². The second-order valence-electron chi connectivity index (χ2n) is 7.35. The van der Waals surface area contributed by atoms with E-state index in [0.29, 0.717) is 27.7 Å². The highest BCUT2D eigenvalue weighted by Crippen LogP contribution is 2.27. The van der Waals surface area contributed by atoms with Gasteiger partial charge in [0.05, 0.1) is 5.69 Å². The van der Waals surface area contributed by atoms with E-state index in [4.69, 9.17) is 16.3 Å². The third-order valence-corrected chi connectivity index (χ3v) is 5.09. The Morgan fingerprint density at radius 1 is 1.06 bits per heavy atom. The largest absolute Gasteiger partial charge is 0.483 e. The molecule has 0 radical (unpaired) electrons. The van der Waals surface area contributed by atoms with Crippen molar-refractivity contribution in [2.45, 2.75) is 6.92 Å². The number of rotatable bonds is 6. The smallest absolute Gasteiger partial charge is 0.333 e. The van der Waals surface area contributed by atoms with Gasteiger partial charge in [0, 0.05) is 16.3 Å². The molecule has 2 N–H and O–H groups in total. The summed E-state index contributed by atoms with van der Waals surface area (Å²) in [5, 5.41) is 5.75. The van der Waals surface area contributed by atoms with Crippen LogP contribution in [0.15, 0.2) is 78.5 Å². The molecular formula is C25H20ClN3O4. The SMILES string of the molecule is Cc1ccc(NC(=O)COc2ccccc2C=C2NC(=O)N(c3cccc(Cl)c3)C2=O)cc1. The van der Waals surface area contributed by atoms with Gasteiger partial charge in [0.15, 0.2) is 6.61 Å². The minimum atomic E-state index is -0.579. The average Bonchev–Trinajstić information content (AvgIpc) is 3.07. The molecule has 0 saturated carbocycles. The number of nitrogens with one attached hydrogen (secondary N) is 2. The van der Waals surface area contributed by atoms with Crippen molar-refractivity contribution in [3.63, 3.8) is 0 Å². The summed E-state index contributed by atoms with van der Waals surface area (Å²) in [6.45, 7) is 1.74. The molecule has 0 atom stereocenters. The van der Waals surface area contributed by atoms with E-state index < -0.39 is 11.9 Å². The summed E-state index contributed by atoms with van der Waals surface area (Å²) < 4.78 is 5.68. The van der Waals surface area contributed by atoms with Crippen molar-refractivity contribution in [2.24, 2.45) is 0 Å². The first kappa shape index (κ1) is 22.1. The van der Waals surface area contributed by atoms with E-state index in [0.717, 1.165) is 10.5 Å². The van der Waals surface area contributed by atoms with Crippen LogP contribution in [-0.2, 0) is 9.59 Å². The van der Waals surface area contributed by atoms with E-state index in [1.165, 1.54) is 12.1 Å². The van der Waals surface area contributed by atoms with Crippen LogP contribution in [0.4, 0.5) is 16.2 Å². The Balaban J connectivity index is 1.48. The molecule has 1 aliphatic heterocycles. The summed E-state index contributed by atoms with van der Waals surface area (Å²) in [6.07, 6.45) is 1.51. The third kappa shape index (κ3) is 5.22. The zero-order chi connectivity index (χ0) is 23.4. The Hall–Kier alpha value is -4.10. The second-order valence-corrected chi connectivity index (χ2v) is 7.79. The molecule has 4 rings (SSSR count). The van der Waals surface area contributed by atoms with Gasteiger partial charge in [0.1, 0.15) is 11.4 Å². The molecule has 166 valence electrons. The molecule has 0 aromatic heterocycles. The maximum atomic E-state index is 12.9. The van der Waals surface area contributed by atoms with Crippen LogP contribution in [0.5, 0.6) is 5.75 Å². The minimum absolute atomic E-state index is 0.0835. The van der Waals surface area contributed by atoms with E-state index in [2.05, 4.69) is 10.6 Å². The lowest BCUT2D eigenvalue weighted by atomic mass is 10.1. The lowest BCUT2D eigenvalue weighted by Crippen LogP contribution is -2.30. The number of halogens is 1. The Bertz CT molecular complexity index is 1250. The van der Waals surface area contributed by atoms with Gasteiger partial charge in [-0.25, -0.2) is 9.69 Å². The van der Waals surface area contributed by atoms with Gasteiger partial charge >= 0.3 is 6.03 Å². The molecule has 3 aromatic carbocycles. The molecule has 1 aliphatic rings. The number of nitrogens with zero attached hydrogens (tertiary/aromatic N) is 1. The van der Waals surface area contributed by atoms with Gasteiger partial charge < -0.3 is 15.4 Å². The van der Waals surface area contributed by atoms with Crippen molar-refractivity contribution in [1.29, 1.82) is 0 Å². The molecule has 1 fully saturated rings. The average molecular weight is 462 g/mol. The van der Waals surface area contributed by atoms with Crippen LogP contribution in [0.3, 0.4) is 0 Å². The minimum Gasteiger partial charge on any atom is -0.483 e. The number of ether oxygens (including phenoxy) is 1. The van der Waals surface area contributed by atoms with Crippen molar-refractivity contribution in [3.05, 3.63) is 94.6 Å². The van der Waals surface area contributed by atoms with E-state index in [1.807, 2.05) is 31.2 Å². The summed E-state index contributed by atoms with van der Waals surface area (Å²) in [5.41, 5.74) is 2.75. The number of urea groups is 1. The van der Waals surface area contributed by atoms with Gasteiger partial charge in [-0.05, 0) is 49.4 Å². The fourth-order valence-electron chi connectivity index (χ4n) is 3.25. The monoisotopic (exact) mass is 461 g/mol. The van der Waals surface area contributed by atoms with Crippen LogP contribution >= 0.6 is 11.6 Å². The fourth-order valence-corrected chi connectivity index (χ4v) is 3.43. The van der Waals surface area contributed by atoms with Crippen LogP contribution in [0.2, 0.25) is 5.02 Å². The predicted molar refractivity (Wildman–Crippen MR) is 127 cm³/mol. The molecule has 0 spiro atoms. The van der Waals surface area contributed by atoms with Crippen LogP contribution in [0.1, 0.15) is 11.1 Å². The summed E-state index contributed by atoms with van der Waals surface area (Å²) in [6, 6.07) is 20.2. The first-order valence-electron chi connectivity index (χ1n) is 10.1. The van der Waals surface area contributed by atoms with Crippen molar-refractivity contribution in [2.75, 3.05) is 16.8 Å². The van der Waals surface area contributed by atoms with E-state index >= 15 is 0 Å². The number of hydrogen-bond acceptors (Lipinski definition) is 4. The Morgan fingerprint density at radius 3 is 2.58 bits per heavy atom. The number of benzene rings is 3. The molecule has 1 saturated heterocycles. The highest BCUT2D eigenvalue weighted by Gasteiger charge is 2.35. The Kier molecular flexibility index (Phi) is 6.42. The number of hydrogen-bond donors (Lipinski definition) is 2. The lowest BCUT2D eigenvalue weighted by Gasteiger charge is -2.12. The molecule has 7 nitrogen and oxygen atoms in total. The number of carbonyl (C=O) groups is 3. The standard InChI is InChI=1S/C25H20ClN3O4/c1-16-9-11-19(12-10-16)27-23(30)15-33-22-8-3-2-5-17(22)13-21-24(31)29(25(32)28-21)20-7-4-6-18(26)14-20/h2-14H,15H2,1H3,(H,27,30)(H,28,32). The molecule has 0 aliphatic carbocycles. The quantitative estimate of drug-likeness (QED) is 0.409. The molecule has 0 unspecified atom stereocenters. The summed E-state index contributed by atoms with van der Waals surface area (Å²) in [4.78, 5) is 38.6. The van der Waals surface area contributed by atoms with Crippen molar-refractivity contribution in [1.82, 2.24) is 5.32 Å². The number of amides is 4. The fraction of sp³-hybridized carbons (Fsp3) is 0.0800. The van der Waals surface area contributed by atoms with Gasteiger partial charge in [-0.1, -0.05) is 53.6 Å². The highest BCUT2D eigenvalue weighted by molar-refractivity contribution is 6.32. The van der Waals surface area contributed by atoms with Gasteiger partial charge in [0.2, 0.25) is 0 Å². The molecule has 4 amide bonds. The number of carbonyl (C=O) groups excluding carboxylic acids is 3. The van der Waals surface area contributed by atoms with Crippen LogP contribution in [0.25, 0.3) is 6.08 Å². The first-order chi connectivity index (χ1) is 15.9. The molecule has 0 bridgehead atoms. The molecule has 3 aromatic rings. The van der Waals surface area contributed by atoms with Crippen molar-refractivity contribution >= 4 is 46.9 Å². The molecule has 33 heavy (non-hydrogen) atoms. The van der Waals surface area contributed by atoms with Crippen molar-refractivity contribution in [3.8, 4) is 5.75 Å². The van der Waals surface area contributed by atoms with E-state index in [9.17, 15) is 14.4 Å². The molecule has 1 heterocycles. The van der Waals surface area contributed by atoms with Crippen LogP contribution < -0.4 is 20.3 Å². The number of aryl methyl sites for hydroxylation is 1. The predicted octanol–water partition coefficient (Wildman–Crippen LogP) is 4.76. The molecule has 8 heteroatoms. The van der Waals surface area contributed by atoms with E-state index in [-0.39, 0.29) is 18.2 Å². The second kappa shape index (κ2) is 9.58. The third-order valence-electron chi connectivity index (χ3n) is 4.86. The number of anilines is 2. The maximum absolute atomic E-state index is 12.9. The molecular weight excluding hydrogens is 442 g/mol. The van der Waals surface area contributed by atoms with Crippen molar-refractivity contribution < 1.29 is 19.1 Å². The zero-order valence-corrected chi connectivity index (χ0v) is 18.4. The zero-order valence-electron chi connectivity index (χ0n) is 17.7. The number of para-hydroxylation sites is 1. The van der Waals surface area contributed by atoms with Crippen LogP contribution in [0, 0.1) is 6.92 Å². The normalized spacial score (nSPS) is 14.4. The number of imide groups is 1. The first-order valence-corrected chi connectivity index (χ1v) is 10.5. The van der Waals surface area contributed by atoms with Crippen LogP contribution in [-0.4, -0.2) is 24.5 Å². The summed E-state index contributed by atoms with van der Waals surface area (Å²) in [5.74, 6) is -0.444. The van der Waals surface area contributed by atoms with Gasteiger partial charge in [0.25, 0.3) is 11.8 Å². The highest BCUT2D eigenvalue weighted by atomic mass is 35.5. The Morgan fingerprint density at radius 2 is 1.82 bits per heavy atom. The lowest BCUT2D eigenvalue weighted by molar-refractivity contribution is -0.118. The van der Waals surface area contributed by atoms with Gasteiger partial charge in [-0.3, -0.25) is 9.59 Å². The summed E-state index contributed by atoms with van der Waals surface area (Å²) >= 11 is 5.99. The van der Waals surface area contributed by atoms with Gasteiger partial charge in [-0.2, -0.15) is 0 Å².